The van der Waals surface area contributed by atoms with E-state index < -0.39 is 0 Å². The van der Waals surface area contributed by atoms with Gasteiger partial charge in [0.2, 0.25) is 0 Å². The fourth-order valence-corrected chi connectivity index (χ4v) is 3.80. The smallest absolute Gasteiger partial charge is 0.0595 e. The average Bonchev–Trinajstić information content (AvgIpc) is 2.91. The second kappa shape index (κ2) is 4.46. The van der Waals surface area contributed by atoms with E-state index in [-0.39, 0.29) is 7.43 Å². The van der Waals surface area contributed by atoms with E-state index in [9.17, 15) is 0 Å². The lowest BCUT2D eigenvalue weighted by Gasteiger charge is -2.23. The zero-order valence-corrected chi connectivity index (χ0v) is 10.8. The normalized spacial score (nSPS) is 34.1. The monoisotopic (exact) mass is 271 g/mol. The summed E-state index contributed by atoms with van der Waals surface area (Å²) in [6.45, 7) is 0. The van der Waals surface area contributed by atoms with Gasteiger partial charge in [0, 0.05) is 11.5 Å². The largest absolute Gasteiger partial charge is 0.316 e. The zero-order valence-electron chi connectivity index (χ0n) is 9.26. The molecule has 94 valence electrons. The van der Waals surface area contributed by atoms with Crippen molar-refractivity contribution in [1.82, 2.24) is 5.32 Å². The average molecular weight is 272 g/mol. The molecule has 1 N–H and O–H groups in total. The van der Waals surface area contributed by atoms with Crippen molar-refractivity contribution in [1.29, 1.82) is 0 Å². The standard InChI is InChI=1S/C13H15Cl2N.CH4/c1-16-12-5-3-9-7-13(9,12)8-2-4-10(14)11(15)6-8;/h2,4,6,9,12,16H,3,5,7H2,1H3;1H4. The Morgan fingerprint density at radius 3 is 2.59 bits per heavy atom. The molecule has 0 aliphatic heterocycles. The van der Waals surface area contributed by atoms with Crippen LogP contribution in [0.25, 0.3) is 0 Å². The van der Waals surface area contributed by atoms with Crippen molar-refractivity contribution >= 4 is 23.2 Å². The maximum Gasteiger partial charge on any atom is 0.0595 e. The Morgan fingerprint density at radius 1 is 1.24 bits per heavy atom. The molecule has 1 nitrogen and oxygen atoms in total. The van der Waals surface area contributed by atoms with Crippen LogP contribution in [0.1, 0.15) is 32.3 Å². The number of rotatable bonds is 2. The van der Waals surface area contributed by atoms with E-state index in [1.165, 1.54) is 24.8 Å². The summed E-state index contributed by atoms with van der Waals surface area (Å²) >= 11 is 12.1. The number of halogens is 2. The highest BCUT2D eigenvalue weighted by Crippen LogP contribution is 2.64. The Hall–Kier alpha value is -0.240. The summed E-state index contributed by atoms with van der Waals surface area (Å²) in [5.41, 5.74) is 1.71. The molecule has 3 rings (SSSR count). The first kappa shape index (κ1) is 13.2. The summed E-state index contributed by atoms with van der Waals surface area (Å²) in [6, 6.07) is 6.73. The maximum atomic E-state index is 6.11. The molecule has 3 atom stereocenters. The van der Waals surface area contributed by atoms with Crippen LogP contribution in [0.4, 0.5) is 0 Å². The third-order valence-corrected chi connectivity index (χ3v) is 5.12. The van der Waals surface area contributed by atoms with E-state index in [1.54, 1.807) is 0 Å². The van der Waals surface area contributed by atoms with E-state index in [2.05, 4.69) is 24.5 Å². The summed E-state index contributed by atoms with van der Waals surface area (Å²) in [5, 5.41) is 4.79. The van der Waals surface area contributed by atoms with E-state index in [0.29, 0.717) is 21.5 Å². The van der Waals surface area contributed by atoms with Crippen molar-refractivity contribution in [2.45, 2.75) is 38.1 Å². The highest BCUT2D eigenvalue weighted by Gasteiger charge is 2.63. The van der Waals surface area contributed by atoms with Crippen LogP contribution in [0.15, 0.2) is 18.2 Å². The number of fused-ring (bicyclic) bond motifs is 1. The van der Waals surface area contributed by atoms with Crippen LogP contribution >= 0.6 is 23.2 Å². The molecule has 0 heterocycles. The topological polar surface area (TPSA) is 12.0 Å². The molecular weight excluding hydrogens is 253 g/mol. The summed E-state index contributed by atoms with van der Waals surface area (Å²) in [5.74, 6) is 0.849. The fourth-order valence-electron chi connectivity index (χ4n) is 3.50. The van der Waals surface area contributed by atoms with E-state index in [4.69, 9.17) is 23.2 Å². The molecule has 0 bridgehead atoms. The Kier molecular flexibility index (Phi) is 3.46. The second-order valence-corrected chi connectivity index (χ2v) is 5.80. The molecule has 3 unspecified atom stereocenters. The van der Waals surface area contributed by atoms with Crippen LogP contribution in [-0.2, 0) is 5.41 Å². The third-order valence-electron chi connectivity index (χ3n) is 4.38. The van der Waals surface area contributed by atoms with Gasteiger partial charge in [0.05, 0.1) is 10.0 Å². The molecule has 2 fully saturated rings. The molecule has 0 saturated heterocycles. The molecule has 1 aromatic rings. The van der Waals surface area contributed by atoms with Gasteiger partial charge in [-0.3, -0.25) is 0 Å². The highest BCUT2D eigenvalue weighted by atomic mass is 35.5. The van der Waals surface area contributed by atoms with Gasteiger partial charge in [0.25, 0.3) is 0 Å². The molecule has 2 aliphatic rings. The second-order valence-electron chi connectivity index (χ2n) is 4.99. The van der Waals surface area contributed by atoms with E-state index >= 15 is 0 Å². The summed E-state index contributed by atoms with van der Waals surface area (Å²) < 4.78 is 0. The van der Waals surface area contributed by atoms with Crippen LogP contribution in [0.5, 0.6) is 0 Å². The van der Waals surface area contributed by atoms with Gasteiger partial charge in [-0.15, -0.1) is 0 Å². The SMILES string of the molecule is C.CNC1CCC2CC21c1ccc(Cl)c(Cl)c1. The Bertz CT molecular complexity index is 432. The van der Waals surface area contributed by atoms with Gasteiger partial charge < -0.3 is 5.32 Å². The number of hydrogen-bond acceptors (Lipinski definition) is 1. The van der Waals surface area contributed by atoms with Crippen LogP contribution in [0, 0.1) is 5.92 Å². The summed E-state index contributed by atoms with van der Waals surface area (Å²) in [7, 11) is 2.06. The van der Waals surface area contributed by atoms with Gasteiger partial charge in [-0.25, -0.2) is 0 Å². The molecule has 0 spiro atoms. The van der Waals surface area contributed by atoms with Crippen molar-refractivity contribution < 1.29 is 0 Å². The number of benzene rings is 1. The molecule has 17 heavy (non-hydrogen) atoms. The molecular formula is C14H19Cl2N. The molecule has 3 heteroatoms. The minimum atomic E-state index is 0. The molecule has 2 aliphatic carbocycles. The molecule has 0 amide bonds. The van der Waals surface area contributed by atoms with Crippen LogP contribution in [0.2, 0.25) is 10.0 Å². The summed E-state index contributed by atoms with van der Waals surface area (Å²) in [4.78, 5) is 0. The predicted molar refractivity (Wildman–Crippen MR) is 75.1 cm³/mol. The minimum Gasteiger partial charge on any atom is -0.316 e. The van der Waals surface area contributed by atoms with Gasteiger partial charge in [-0.1, -0.05) is 36.7 Å². The first-order valence-corrected chi connectivity index (χ1v) is 6.57. The summed E-state index contributed by atoms with van der Waals surface area (Å²) in [6.07, 6.45) is 3.92. The lowest BCUT2D eigenvalue weighted by atomic mass is 9.89. The highest BCUT2D eigenvalue weighted by molar-refractivity contribution is 6.42. The third kappa shape index (κ3) is 1.80. The number of likely N-dealkylation sites (N-methyl/N-ethyl adjacent to an activating group) is 1. The lowest BCUT2D eigenvalue weighted by Crippen LogP contribution is -2.35. The minimum absolute atomic E-state index is 0. The van der Waals surface area contributed by atoms with Crippen molar-refractivity contribution in [3.63, 3.8) is 0 Å². The van der Waals surface area contributed by atoms with Crippen molar-refractivity contribution in [2.24, 2.45) is 5.92 Å². The first-order chi connectivity index (χ1) is 7.68. The molecule has 1 aromatic carbocycles. The van der Waals surface area contributed by atoms with Crippen molar-refractivity contribution in [3.05, 3.63) is 33.8 Å². The Morgan fingerprint density at radius 2 is 2.00 bits per heavy atom. The van der Waals surface area contributed by atoms with E-state index in [0.717, 1.165) is 5.92 Å². The van der Waals surface area contributed by atoms with Gasteiger partial charge in [0.15, 0.2) is 0 Å². The Balaban J connectivity index is 0.00000108. The maximum absolute atomic E-state index is 6.11. The van der Waals surface area contributed by atoms with Gasteiger partial charge >= 0.3 is 0 Å². The van der Waals surface area contributed by atoms with Crippen molar-refractivity contribution in [2.75, 3.05) is 7.05 Å². The number of hydrogen-bond donors (Lipinski definition) is 1. The Labute approximate surface area is 114 Å². The van der Waals surface area contributed by atoms with Gasteiger partial charge in [-0.2, -0.15) is 0 Å². The van der Waals surface area contributed by atoms with Crippen LogP contribution in [-0.4, -0.2) is 13.1 Å². The zero-order chi connectivity index (χ0) is 11.3. The number of nitrogens with one attached hydrogen (secondary N) is 1. The molecule has 2 saturated carbocycles. The van der Waals surface area contributed by atoms with Crippen LogP contribution in [0.3, 0.4) is 0 Å². The molecule has 0 aromatic heterocycles. The van der Waals surface area contributed by atoms with E-state index in [1.807, 2.05) is 6.07 Å². The fraction of sp³-hybridized carbons (Fsp3) is 0.571. The van der Waals surface area contributed by atoms with Gasteiger partial charge in [0.1, 0.15) is 0 Å². The van der Waals surface area contributed by atoms with Crippen LogP contribution < -0.4 is 5.32 Å². The first-order valence-electron chi connectivity index (χ1n) is 5.81. The predicted octanol–water partition coefficient (Wildman–Crippen LogP) is 4.27. The van der Waals surface area contributed by atoms with Gasteiger partial charge in [-0.05, 0) is 49.9 Å². The lowest BCUT2D eigenvalue weighted by molar-refractivity contribution is 0.467. The van der Waals surface area contributed by atoms with Crippen molar-refractivity contribution in [3.8, 4) is 0 Å². The quantitative estimate of drug-likeness (QED) is 0.847. The molecule has 0 radical (unpaired) electrons.